The lowest BCUT2D eigenvalue weighted by Crippen LogP contribution is -2.37. The number of quaternary nitrogens is 1. The van der Waals surface area contributed by atoms with Crippen molar-refractivity contribution < 1.29 is 47.2 Å². The van der Waals surface area contributed by atoms with Crippen LogP contribution in [0.4, 0.5) is 0 Å². The van der Waals surface area contributed by atoms with E-state index >= 15 is 0 Å². The minimum atomic E-state index is -4.67. The van der Waals surface area contributed by atoms with Gasteiger partial charge in [-0.1, -0.05) is 137 Å². The zero-order valence-electron chi connectivity index (χ0n) is 37.5. The summed E-state index contributed by atoms with van der Waals surface area (Å²) in [6.45, 7) is 3.96. The highest BCUT2D eigenvalue weighted by atomic mass is 31.2. The van der Waals surface area contributed by atoms with E-state index in [0.717, 1.165) is 44.9 Å². The predicted octanol–water partition coefficient (Wildman–Crippen LogP) is 11.1. The maximum Gasteiger partial charge on any atom is 0.306 e. The molecule has 11 heteroatoms. The molecule has 0 aliphatic heterocycles. The summed E-state index contributed by atoms with van der Waals surface area (Å²) in [5, 5.41) is 10.1. The summed E-state index contributed by atoms with van der Waals surface area (Å²) in [6, 6.07) is 0. The van der Waals surface area contributed by atoms with Gasteiger partial charge < -0.3 is 33.0 Å². The van der Waals surface area contributed by atoms with E-state index < -0.39 is 38.6 Å². The van der Waals surface area contributed by atoms with Crippen LogP contribution >= 0.6 is 7.82 Å². The van der Waals surface area contributed by atoms with Crippen molar-refractivity contribution >= 4 is 19.8 Å². The number of carbonyl (C=O) groups excluding carboxylic acids is 2. The molecule has 0 aromatic carbocycles. The lowest BCUT2D eigenvalue weighted by Gasteiger charge is -2.28. The molecule has 0 aliphatic carbocycles. The number of nitrogens with zero attached hydrogens (tertiary/aromatic N) is 1. The Hall–Kier alpha value is -2.85. The van der Waals surface area contributed by atoms with Crippen molar-refractivity contribution in [3.05, 3.63) is 85.1 Å². The molecule has 0 radical (unpaired) electrons. The predicted molar refractivity (Wildman–Crippen MR) is 242 cm³/mol. The minimum absolute atomic E-state index is 0.0611. The van der Waals surface area contributed by atoms with Crippen molar-refractivity contribution in [1.29, 1.82) is 0 Å². The second-order valence-electron chi connectivity index (χ2n) is 15.9. The third kappa shape index (κ3) is 43.1. The average Bonchev–Trinajstić information content (AvgIpc) is 3.18. The number of aliphatic hydroxyl groups excluding tert-OH is 1. The molecule has 0 aromatic rings. The number of phosphoric ester groups is 1. The van der Waals surface area contributed by atoms with Crippen LogP contribution in [0.15, 0.2) is 85.1 Å². The molecular formula is C48H82NO9P. The third-order valence-electron chi connectivity index (χ3n) is 8.97. The molecule has 0 rings (SSSR count). The molecule has 0 aliphatic rings. The molecule has 0 saturated carbocycles. The van der Waals surface area contributed by atoms with Gasteiger partial charge >= 0.3 is 11.9 Å². The van der Waals surface area contributed by atoms with Crippen LogP contribution in [0.1, 0.15) is 149 Å². The van der Waals surface area contributed by atoms with Crippen LogP contribution < -0.4 is 4.89 Å². The normalized spacial score (nSPS) is 14.9. The lowest BCUT2D eigenvalue weighted by molar-refractivity contribution is -0.870. The highest BCUT2D eigenvalue weighted by molar-refractivity contribution is 7.45. The highest BCUT2D eigenvalue weighted by Gasteiger charge is 2.21. The molecule has 3 atom stereocenters. The molecule has 0 heterocycles. The van der Waals surface area contributed by atoms with E-state index in [2.05, 4.69) is 56.4 Å². The Morgan fingerprint density at radius 3 is 1.76 bits per heavy atom. The van der Waals surface area contributed by atoms with Gasteiger partial charge in [-0.2, -0.15) is 0 Å². The first-order valence-electron chi connectivity index (χ1n) is 22.4. The summed E-state index contributed by atoms with van der Waals surface area (Å²) >= 11 is 0. The Labute approximate surface area is 359 Å². The zero-order valence-corrected chi connectivity index (χ0v) is 38.4. The molecule has 338 valence electrons. The second-order valence-corrected chi connectivity index (χ2v) is 17.3. The van der Waals surface area contributed by atoms with Gasteiger partial charge in [0, 0.05) is 12.8 Å². The smallest absolute Gasteiger partial charge is 0.306 e. The van der Waals surface area contributed by atoms with Gasteiger partial charge in [-0.25, -0.2) is 0 Å². The number of rotatable bonds is 39. The summed E-state index contributed by atoms with van der Waals surface area (Å²) in [5.74, 6) is -0.976. The summed E-state index contributed by atoms with van der Waals surface area (Å²) in [4.78, 5) is 37.5. The van der Waals surface area contributed by atoms with Crippen molar-refractivity contribution in [3.8, 4) is 0 Å². The van der Waals surface area contributed by atoms with Crippen LogP contribution in [0.3, 0.4) is 0 Å². The quantitative estimate of drug-likeness (QED) is 0.0160. The van der Waals surface area contributed by atoms with Crippen molar-refractivity contribution in [2.45, 2.75) is 161 Å². The van der Waals surface area contributed by atoms with Gasteiger partial charge in [-0.05, 0) is 83.5 Å². The zero-order chi connectivity index (χ0) is 43.7. The number of unbranched alkanes of at least 4 members (excludes halogenated alkanes) is 11. The Balaban J connectivity index is 4.57. The first-order chi connectivity index (χ1) is 28.4. The van der Waals surface area contributed by atoms with Gasteiger partial charge in [0.2, 0.25) is 0 Å². The van der Waals surface area contributed by atoms with Gasteiger partial charge in [0.05, 0.1) is 33.9 Å². The van der Waals surface area contributed by atoms with Crippen molar-refractivity contribution in [3.63, 3.8) is 0 Å². The highest BCUT2D eigenvalue weighted by Crippen LogP contribution is 2.38. The molecule has 0 amide bonds. The number of phosphoric acid groups is 1. The van der Waals surface area contributed by atoms with E-state index in [9.17, 15) is 24.2 Å². The summed E-state index contributed by atoms with van der Waals surface area (Å²) in [7, 11) is 1.06. The SMILES string of the molecule is CCCCC/C=C\C=C/[C@H](O)C/C=C\C/C=C/CCCC(=O)O[C@H](COC(=O)CCCCCC/C=C\C/C=C\C/C=C\CCCCC)COP(=O)([O-])OCC[N+](C)(C)C. The first-order valence-corrected chi connectivity index (χ1v) is 23.9. The van der Waals surface area contributed by atoms with E-state index in [-0.39, 0.29) is 26.1 Å². The standard InChI is InChI=1S/C48H82NO9P/c1-6-8-10-12-14-15-16-17-18-19-20-21-22-23-27-31-35-39-47(51)55-43-46(44-57-59(53,54)56-42-41-49(3,4)5)58-48(52)40-36-32-28-24-26-30-34-38-45(50)37-33-29-25-13-11-9-7-2/h14-15,17-18,20-21,24-25,28-30,33-34,37,45-46,50H,6-13,16,19,22-23,26-27,31-32,35-36,38-44H2,1-5H3/b15-14-,18-17-,21-20-,28-24+,29-25-,34-30-,37-33-/t45-,46+/m0/s1. The van der Waals surface area contributed by atoms with Gasteiger partial charge in [0.25, 0.3) is 7.82 Å². The number of hydrogen-bond donors (Lipinski definition) is 1. The van der Waals surface area contributed by atoms with Crippen LogP contribution in [0.5, 0.6) is 0 Å². The van der Waals surface area contributed by atoms with E-state index in [4.69, 9.17) is 18.5 Å². The third-order valence-corrected chi connectivity index (χ3v) is 9.93. The van der Waals surface area contributed by atoms with E-state index in [1.54, 1.807) is 6.08 Å². The Morgan fingerprint density at radius 2 is 1.15 bits per heavy atom. The number of allylic oxidation sites excluding steroid dienone is 12. The number of ether oxygens (including phenoxy) is 2. The number of likely N-dealkylation sites (N-methyl/N-ethyl adjacent to an activating group) is 1. The fourth-order valence-electron chi connectivity index (χ4n) is 5.38. The fourth-order valence-corrected chi connectivity index (χ4v) is 6.11. The molecule has 0 bridgehead atoms. The lowest BCUT2D eigenvalue weighted by atomic mass is 10.1. The van der Waals surface area contributed by atoms with Crippen molar-refractivity contribution in [2.24, 2.45) is 0 Å². The number of carbonyl (C=O) groups is 2. The molecule has 0 saturated heterocycles. The van der Waals surface area contributed by atoms with E-state index in [0.29, 0.717) is 43.1 Å². The Kier molecular flexibility index (Phi) is 37.4. The van der Waals surface area contributed by atoms with Crippen LogP contribution in [-0.4, -0.2) is 81.2 Å². The van der Waals surface area contributed by atoms with Crippen LogP contribution in [0, 0.1) is 0 Å². The Bertz CT molecular complexity index is 1300. The second kappa shape index (κ2) is 39.3. The van der Waals surface area contributed by atoms with Gasteiger partial charge in [-0.15, -0.1) is 0 Å². The monoisotopic (exact) mass is 848 g/mol. The van der Waals surface area contributed by atoms with Crippen molar-refractivity contribution in [2.75, 3.05) is 47.5 Å². The van der Waals surface area contributed by atoms with Crippen LogP contribution in [0.25, 0.3) is 0 Å². The number of esters is 2. The van der Waals surface area contributed by atoms with E-state index in [1.807, 2.05) is 57.6 Å². The molecule has 1 unspecified atom stereocenters. The summed E-state index contributed by atoms with van der Waals surface area (Å²) in [6.07, 6.45) is 46.4. The minimum Gasteiger partial charge on any atom is -0.756 e. The molecule has 10 nitrogen and oxygen atoms in total. The van der Waals surface area contributed by atoms with Crippen molar-refractivity contribution in [1.82, 2.24) is 0 Å². The molecular weight excluding hydrogens is 766 g/mol. The summed E-state index contributed by atoms with van der Waals surface area (Å²) in [5.41, 5.74) is 0. The molecule has 0 spiro atoms. The van der Waals surface area contributed by atoms with Crippen LogP contribution in [-0.2, 0) is 32.7 Å². The first kappa shape index (κ1) is 56.1. The fraction of sp³-hybridized carbons (Fsp3) is 0.667. The number of hydrogen-bond acceptors (Lipinski definition) is 9. The van der Waals surface area contributed by atoms with E-state index in [1.165, 1.54) is 44.9 Å². The maximum atomic E-state index is 12.7. The topological polar surface area (TPSA) is 131 Å². The molecule has 1 N–H and O–H groups in total. The largest absolute Gasteiger partial charge is 0.756 e. The summed E-state index contributed by atoms with van der Waals surface area (Å²) < 4.78 is 33.8. The van der Waals surface area contributed by atoms with Gasteiger partial charge in [0.1, 0.15) is 19.8 Å². The molecule has 59 heavy (non-hydrogen) atoms. The Morgan fingerprint density at radius 1 is 0.627 bits per heavy atom. The maximum absolute atomic E-state index is 12.7. The van der Waals surface area contributed by atoms with Gasteiger partial charge in [-0.3, -0.25) is 14.2 Å². The average molecular weight is 848 g/mol. The number of aliphatic hydroxyl groups is 1. The molecule has 0 fully saturated rings. The van der Waals surface area contributed by atoms with Gasteiger partial charge in [0.15, 0.2) is 6.10 Å². The van der Waals surface area contributed by atoms with Crippen LogP contribution in [0.2, 0.25) is 0 Å². The molecule has 0 aromatic heterocycles.